The lowest BCUT2D eigenvalue weighted by atomic mass is 10.2. The highest BCUT2D eigenvalue weighted by molar-refractivity contribution is 5.77. The molecule has 1 aliphatic heterocycles. The van der Waals surface area contributed by atoms with Gasteiger partial charge in [-0.1, -0.05) is 12.1 Å². The Labute approximate surface area is 113 Å². The van der Waals surface area contributed by atoms with E-state index in [9.17, 15) is 9.18 Å². The molecule has 0 bridgehead atoms. The maximum atomic E-state index is 13.7. The van der Waals surface area contributed by atoms with E-state index in [2.05, 4.69) is 10.2 Å². The lowest BCUT2D eigenvalue weighted by Crippen LogP contribution is -2.49. The molecule has 1 heterocycles. The second-order valence-electron chi connectivity index (χ2n) is 4.67. The van der Waals surface area contributed by atoms with E-state index < -0.39 is 0 Å². The molecule has 0 aromatic heterocycles. The molecule has 1 amide bonds. The van der Waals surface area contributed by atoms with E-state index >= 15 is 0 Å². The van der Waals surface area contributed by atoms with Gasteiger partial charge in [0, 0.05) is 32.7 Å². The van der Waals surface area contributed by atoms with E-state index in [1.807, 2.05) is 17.9 Å². The number of piperazine rings is 1. The second kappa shape index (κ2) is 6.52. The Hall–Kier alpha value is -1.62. The zero-order valence-corrected chi connectivity index (χ0v) is 11.2. The third-order valence-corrected chi connectivity index (χ3v) is 3.31. The number of benzene rings is 1. The number of nitrogens with one attached hydrogen (secondary N) is 1. The molecule has 1 saturated heterocycles. The van der Waals surface area contributed by atoms with Crippen molar-refractivity contribution in [2.75, 3.05) is 44.2 Å². The summed E-state index contributed by atoms with van der Waals surface area (Å²) in [6, 6.07) is 6.83. The molecule has 4 nitrogen and oxygen atoms in total. The smallest absolute Gasteiger partial charge is 0.234 e. The van der Waals surface area contributed by atoms with Crippen LogP contribution in [0.15, 0.2) is 24.3 Å². The van der Waals surface area contributed by atoms with Crippen LogP contribution in [0.4, 0.5) is 10.1 Å². The van der Waals surface area contributed by atoms with Crippen molar-refractivity contribution < 1.29 is 9.18 Å². The van der Waals surface area contributed by atoms with Crippen molar-refractivity contribution in [2.24, 2.45) is 0 Å². The van der Waals surface area contributed by atoms with Crippen molar-refractivity contribution in [3.8, 4) is 0 Å². The standard InChI is InChI=1S/C14H20FN3O/c1-2-16-14(19)11-17-7-9-18(10-8-17)13-6-4-3-5-12(13)15/h3-6H,2,7-11H2,1H3,(H,16,19). The zero-order valence-electron chi connectivity index (χ0n) is 11.2. The molecule has 0 radical (unpaired) electrons. The molecule has 0 aliphatic carbocycles. The van der Waals surface area contributed by atoms with Gasteiger partial charge in [0.25, 0.3) is 0 Å². The largest absolute Gasteiger partial charge is 0.367 e. The third-order valence-electron chi connectivity index (χ3n) is 3.31. The maximum absolute atomic E-state index is 13.7. The van der Waals surface area contributed by atoms with Gasteiger partial charge in [-0.2, -0.15) is 0 Å². The van der Waals surface area contributed by atoms with E-state index in [1.165, 1.54) is 6.07 Å². The molecule has 0 atom stereocenters. The molecule has 1 fully saturated rings. The van der Waals surface area contributed by atoms with Crippen LogP contribution in [0.3, 0.4) is 0 Å². The fourth-order valence-electron chi connectivity index (χ4n) is 2.31. The molecule has 0 spiro atoms. The molecule has 0 unspecified atom stereocenters. The molecule has 5 heteroatoms. The van der Waals surface area contributed by atoms with Crippen LogP contribution in [0, 0.1) is 5.82 Å². The molecule has 19 heavy (non-hydrogen) atoms. The van der Waals surface area contributed by atoms with Crippen molar-refractivity contribution in [3.63, 3.8) is 0 Å². The minimum atomic E-state index is -0.181. The molecule has 0 saturated carbocycles. The van der Waals surface area contributed by atoms with Gasteiger partial charge in [0.15, 0.2) is 0 Å². The summed E-state index contributed by atoms with van der Waals surface area (Å²) in [5.41, 5.74) is 0.653. The predicted molar refractivity (Wildman–Crippen MR) is 73.7 cm³/mol. The number of hydrogen-bond acceptors (Lipinski definition) is 3. The number of hydrogen-bond donors (Lipinski definition) is 1. The van der Waals surface area contributed by atoms with Gasteiger partial charge < -0.3 is 10.2 Å². The van der Waals surface area contributed by atoms with Crippen molar-refractivity contribution in [1.82, 2.24) is 10.2 Å². The number of carbonyl (C=O) groups is 1. The number of halogens is 1. The average molecular weight is 265 g/mol. The van der Waals surface area contributed by atoms with Gasteiger partial charge in [0.05, 0.1) is 12.2 Å². The Kier molecular flexibility index (Phi) is 4.74. The number of rotatable bonds is 4. The normalized spacial score (nSPS) is 16.4. The van der Waals surface area contributed by atoms with Gasteiger partial charge in [0.1, 0.15) is 5.82 Å². The van der Waals surface area contributed by atoms with E-state index in [4.69, 9.17) is 0 Å². The number of nitrogens with zero attached hydrogens (tertiary/aromatic N) is 2. The summed E-state index contributed by atoms with van der Waals surface area (Å²) >= 11 is 0. The summed E-state index contributed by atoms with van der Waals surface area (Å²) in [6.07, 6.45) is 0. The van der Waals surface area contributed by atoms with Crippen LogP contribution in [-0.2, 0) is 4.79 Å². The zero-order chi connectivity index (χ0) is 13.7. The first-order chi connectivity index (χ1) is 9.20. The van der Waals surface area contributed by atoms with Crippen LogP contribution in [0.25, 0.3) is 0 Å². The molecule has 1 aromatic carbocycles. The van der Waals surface area contributed by atoms with Gasteiger partial charge in [0.2, 0.25) is 5.91 Å². The van der Waals surface area contributed by atoms with Gasteiger partial charge in [-0.05, 0) is 19.1 Å². The first-order valence-electron chi connectivity index (χ1n) is 6.69. The molecule has 104 valence electrons. The minimum Gasteiger partial charge on any atom is -0.367 e. The summed E-state index contributed by atoms with van der Waals surface area (Å²) in [6.45, 7) is 6.07. The Morgan fingerprint density at radius 1 is 1.26 bits per heavy atom. The number of anilines is 1. The molecule has 2 rings (SSSR count). The average Bonchev–Trinajstić information content (AvgIpc) is 2.41. The fraction of sp³-hybridized carbons (Fsp3) is 0.500. The van der Waals surface area contributed by atoms with Gasteiger partial charge in [-0.25, -0.2) is 4.39 Å². The van der Waals surface area contributed by atoms with Crippen LogP contribution in [0.2, 0.25) is 0 Å². The van der Waals surface area contributed by atoms with Crippen LogP contribution in [0.1, 0.15) is 6.92 Å². The summed E-state index contributed by atoms with van der Waals surface area (Å²) in [5.74, 6) is -0.124. The maximum Gasteiger partial charge on any atom is 0.234 e. The number of para-hydroxylation sites is 1. The van der Waals surface area contributed by atoms with E-state index in [1.54, 1.807) is 12.1 Å². The molecule has 1 aliphatic rings. The van der Waals surface area contributed by atoms with Gasteiger partial charge >= 0.3 is 0 Å². The molecule has 1 N–H and O–H groups in total. The monoisotopic (exact) mass is 265 g/mol. The highest BCUT2D eigenvalue weighted by Gasteiger charge is 2.20. The van der Waals surface area contributed by atoms with Crippen molar-refractivity contribution in [2.45, 2.75) is 6.92 Å². The minimum absolute atomic E-state index is 0.0573. The Morgan fingerprint density at radius 3 is 2.58 bits per heavy atom. The Morgan fingerprint density at radius 2 is 1.95 bits per heavy atom. The lowest BCUT2D eigenvalue weighted by molar-refractivity contribution is -0.122. The first kappa shape index (κ1) is 13.8. The first-order valence-corrected chi connectivity index (χ1v) is 6.69. The van der Waals surface area contributed by atoms with E-state index in [-0.39, 0.29) is 11.7 Å². The highest BCUT2D eigenvalue weighted by atomic mass is 19.1. The molecular formula is C14H20FN3O. The highest BCUT2D eigenvalue weighted by Crippen LogP contribution is 2.19. The van der Waals surface area contributed by atoms with Gasteiger partial charge in [-0.15, -0.1) is 0 Å². The van der Waals surface area contributed by atoms with Crippen molar-refractivity contribution in [3.05, 3.63) is 30.1 Å². The lowest BCUT2D eigenvalue weighted by Gasteiger charge is -2.35. The van der Waals surface area contributed by atoms with Crippen LogP contribution >= 0.6 is 0 Å². The summed E-state index contributed by atoms with van der Waals surface area (Å²) in [7, 11) is 0. The summed E-state index contributed by atoms with van der Waals surface area (Å²) in [4.78, 5) is 15.6. The molecule has 1 aromatic rings. The van der Waals surface area contributed by atoms with Crippen LogP contribution < -0.4 is 10.2 Å². The third kappa shape index (κ3) is 3.67. The SMILES string of the molecule is CCNC(=O)CN1CCN(c2ccccc2F)CC1. The number of carbonyl (C=O) groups excluding carboxylic acids is 1. The summed E-state index contributed by atoms with van der Waals surface area (Å²) < 4.78 is 13.7. The predicted octanol–water partition coefficient (Wildman–Crippen LogP) is 1.08. The number of likely N-dealkylation sites (N-methyl/N-ethyl adjacent to an activating group) is 1. The van der Waals surface area contributed by atoms with Crippen LogP contribution in [0.5, 0.6) is 0 Å². The molecular weight excluding hydrogens is 245 g/mol. The van der Waals surface area contributed by atoms with Crippen LogP contribution in [-0.4, -0.2) is 50.1 Å². The van der Waals surface area contributed by atoms with Crippen molar-refractivity contribution in [1.29, 1.82) is 0 Å². The number of amides is 1. The second-order valence-corrected chi connectivity index (χ2v) is 4.67. The Balaban J connectivity index is 1.86. The van der Waals surface area contributed by atoms with Gasteiger partial charge in [-0.3, -0.25) is 9.69 Å². The fourth-order valence-corrected chi connectivity index (χ4v) is 2.31. The van der Waals surface area contributed by atoms with Crippen molar-refractivity contribution >= 4 is 11.6 Å². The summed E-state index contributed by atoms with van der Waals surface area (Å²) in [5, 5.41) is 2.79. The van der Waals surface area contributed by atoms with E-state index in [0.717, 1.165) is 26.2 Å². The topological polar surface area (TPSA) is 35.6 Å². The quantitative estimate of drug-likeness (QED) is 0.885. The Bertz CT molecular complexity index is 430. The van der Waals surface area contributed by atoms with E-state index in [0.29, 0.717) is 18.8 Å².